The molecule has 2 aliphatic carbocycles. The molecule has 262 valence electrons. The van der Waals surface area contributed by atoms with Gasteiger partial charge in [-0.25, -0.2) is 4.98 Å². The summed E-state index contributed by atoms with van der Waals surface area (Å²) in [6, 6.07) is 12.6. The quantitative estimate of drug-likeness (QED) is 0.236. The fourth-order valence-electron chi connectivity index (χ4n) is 6.66. The molecule has 1 atom stereocenters. The summed E-state index contributed by atoms with van der Waals surface area (Å²) in [4.78, 5) is 61.1. The van der Waals surface area contributed by atoms with Crippen LogP contribution >= 0.6 is 0 Å². The second-order valence-electron chi connectivity index (χ2n) is 14.0. The molecule has 15 heteroatoms. The van der Waals surface area contributed by atoms with Gasteiger partial charge in [0, 0.05) is 63.4 Å². The average molecular weight is 690 g/mol. The number of pyridine rings is 1. The monoisotopic (exact) mass is 689 g/mol. The number of likely N-dealkylation sites (tertiary alicyclic amines) is 1. The number of rotatable bonds is 9. The Bertz CT molecular complexity index is 2080. The Morgan fingerprint density at radius 3 is 2.37 bits per heavy atom. The minimum absolute atomic E-state index is 0.00922. The molecular formula is C36H39N11O4. The van der Waals surface area contributed by atoms with Crippen LogP contribution < -0.4 is 20.9 Å². The zero-order valence-electron chi connectivity index (χ0n) is 28.9. The number of aromatic nitrogens is 5. The SMILES string of the molecule is CC1c2c(cnn2C2CN(C(=O)c3cccc(C(=O)N(C)C)n3)C2)-c2cccc(Nc3cc(NC(=O)C4CC4)nnc3C(=O)NC3CC3)c2N1C. The number of nitrogens with one attached hydrogen (secondary N) is 3. The van der Waals surface area contributed by atoms with Gasteiger partial charge in [0.15, 0.2) is 11.5 Å². The lowest BCUT2D eigenvalue weighted by molar-refractivity contribution is -0.117. The van der Waals surface area contributed by atoms with E-state index in [1.165, 1.54) is 4.90 Å². The van der Waals surface area contributed by atoms with Crippen molar-refractivity contribution in [3.8, 4) is 11.1 Å². The molecule has 3 N–H and O–H groups in total. The van der Waals surface area contributed by atoms with Crippen LogP contribution in [0.15, 0.2) is 48.7 Å². The summed E-state index contributed by atoms with van der Waals surface area (Å²) < 4.78 is 2.02. The van der Waals surface area contributed by atoms with E-state index < -0.39 is 0 Å². The fraction of sp³-hybridized carbons (Fsp3) is 0.389. The van der Waals surface area contributed by atoms with E-state index in [2.05, 4.69) is 43.0 Å². The predicted molar refractivity (Wildman–Crippen MR) is 189 cm³/mol. The molecule has 0 radical (unpaired) electrons. The summed E-state index contributed by atoms with van der Waals surface area (Å²) in [6.07, 6.45) is 5.45. The largest absolute Gasteiger partial charge is 0.364 e. The van der Waals surface area contributed by atoms with Crippen LogP contribution in [0.4, 0.5) is 22.9 Å². The van der Waals surface area contributed by atoms with Crippen molar-refractivity contribution in [3.63, 3.8) is 0 Å². The van der Waals surface area contributed by atoms with Gasteiger partial charge in [-0.05, 0) is 50.8 Å². The summed E-state index contributed by atoms with van der Waals surface area (Å²) in [5.41, 5.74) is 5.73. The Hall–Kier alpha value is -5.86. The highest BCUT2D eigenvalue weighted by Gasteiger charge is 2.39. The first-order valence-corrected chi connectivity index (χ1v) is 17.3. The van der Waals surface area contributed by atoms with Crippen molar-refractivity contribution in [2.24, 2.45) is 5.92 Å². The number of amides is 4. The van der Waals surface area contributed by atoms with E-state index in [1.54, 1.807) is 43.3 Å². The van der Waals surface area contributed by atoms with Crippen LogP contribution in [0.5, 0.6) is 0 Å². The van der Waals surface area contributed by atoms with E-state index in [4.69, 9.17) is 5.10 Å². The van der Waals surface area contributed by atoms with E-state index in [0.29, 0.717) is 18.8 Å². The van der Waals surface area contributed by atoms with Gasteiger partial charge >= 0.3 is 0 Å². The van der Waals surface area contributed by atoms with Crippen LogP contribution in [0, 0.1) is 5.92 Å². The van der Waals surface area contributed by atoms with Crippen LogP contribution in [0.25, 0.3) is 11.1 Å². The van der Waals surface area contributed by atoms with Crippen LogP contribution in [0.1, 0.15) is 81.9 Å². The highest BCUT2D eigenvalue weighted by molar-refractivity contribution is 6.02. The third-order valence-corrected chi connectivity index (χ3v) is 9.97. The van der Waals surface area contributed by atoms with Crippen molar-refractivity contribution < 1.29 is 19.2 Å². The Kier molecular flexibility index (Phi) is 7.91. The highest BCUT2D eigenvalue weighted by Crippen LogP contribution is 2.49. The van der Waals surface area contributed by atoms with E-state index >= 15 is 0 Å². The number of nitrogens with zero attached hydrogens (tertiary/aromatic N) is 8. The number of fused-ring (bicyclic) bond motifs is 3. The summed E-state index contributed by atoms with van der Waals surface area (Å²) in [5.74, 6) is -0.623. The van der Waals surface area contributed by atoms with E-state index in [1.807, 2.05) is 36.1 Å². The van der Waals surface area contributed by atoms with Crippen molar-refractivity contribution in [1.29, 1.82) is 0 Å². The molecule has 0 spiro atoms. The first-order valence-electron chi connectivity index (χ1n) is 17.3. The van der Waals surface area contributed by atoms with Crippen molar-refractivity contribution in [2.45, 2.75) is 50.7 Å². The zero-order valence-corrected chi connectivity index (χ0v) is 28.9. The summed E-state index contributed by atoms with van der Waals surface area (Å²) >= 11 is 0. The molecule has 8 rings (SSSR count). The molecule has 5 heterocycles. The average Bonchev–Trinajstić information content (AvgIpc) is 4.05. The maximum atomic E-state index is 13.3. The van der Waals surface area contributed by atoms with Gasteiger partial charge < -0.3 is 30.7 Å². The molecule has 0 bridgehead atoms. The molecule has 15 nitrogen and oxygen atoms in total. The van der Waals surface area contributed by atoms with Gasteiger partial charge in [0.2, 0.25) is 5.91 Å². The van der Waals surface area contributed by atoms with Gasteiger partial charge in [-0.2, -0.15) is 5.10 Å². The number of hydrogen-bond acceptors (Lipinski definition) is 10. The number of benzene rings is 1. The zero-order chi connectivity index (χ0) is 35.6. The van der Waals surface area contributed by atoms with Gasteiger partial charge in [0.1, 0.15) is 11.4 Å². The smallest absolute Gasteiger partial charge is 0.274 e. The van der Waals surface area contributed by atoms with Crippen LogP contribution in [0.2, 0.25) is 0 Å². The number of anilines is 4. The lowest BCUT2D eigenvalue weighted by Crippen LogP contribution is -2.52. The molecule has 1 aromatic carbocycles. The normalized spacial score (nSPS) is 17.9. The van der Waals surface area contributed by atoms with E-state index in [9.17, 15) is 19.2 Å². The summed E-state index contributed by atoms with van der Waals surface area (Å²) in [7, 11) is 5.32. The van der Waals surface area contributed by atoms with Gasteiger partial charge in [-0.1, -0.05) is 18.2 Å². The van der Waals surface area contributed by atoms with Crippen molar-refractivity contribution in [2.75, 3.05) is 49.8 Å². The molecule has 51 heavy (non-hydrogen) atoms. The molecular weight excluding hydrogens is 650 g/mol. The van der Waals surface area contributed by atoms with Crippen LogP contribution in [-0.2, 0) is 4.79 Å². The standard InChI is InChI=1S/C36H39N11O4/c1-19-31-24(16-37-47(31)22-17-46(18-22)36(51)27-10-6-9-26(40-27)35(50)44(2)3)23-7-5-8-25(32(23)45(19)4)39-28-15-29(41-33(48)20-11-12-20)42-43-30(28)34(49)38-21-13-14-21/h5-10,15-16,19-22H,11-14,17-18H2,1-4H3,(H,38,49)(H2,39,41,42,48). The third kappa shape index (κ3) is 6.02. The molecule has 2 aliphatic heterocycles. The first kappa shape index (κ1) is 32.4. The minimum atomic E-state index is -0.318. The Morgan fingerprint density at radius 2 is 1.65 bits per heavy atom. The van der Waals surface area contributed by atoms with Gasteiger partial charge in [0.25, 0.3) is 17.7 Å². The van der Waals surface area contributed by atoms with Gasteiger partial charge in [-0.15, -0.1) is 10.2 Å². The molecule has 2 saturated carbocycles. The summed E-state index contributed by atoms with van der Waals surface area (Å²) in [6.45, 7) is 3.04. The van der Waals surface area contributed by atoms with Crippen molar-refractivity contribution in [1.82, 2.24) is 40.1 Å². The number of para-hydroxylation sites is 1. The predicted octanol–water partition coefficient (Wildman–Crippen LogP) is 3.63. The molecule has 1 saturated heterocycles. The molecule has 3 fully saturated rings. The molecule has 4 aromatic rings. The number of hydrogen-bond donors (Lipinski definition) is 3. The maximum Gasteiger partial charge on any atom is 0.274 e. The Labute approximate surface area is 294 Å². The lowest BCUT2D eigenvalue weighted by Gasteiger charge is -2.42. The van der Waals surface area contributed by atoms with Gasteiger partial charge in [0.05, 0.1) is 41.0 Å². The number of carbonyl (C=O) groups is 4. The molecule has 4 aliphatic rings. The maximum absolute atomic E-state index is 13.3. The number of carbonyl (C=O) groups excluding carboxylic acids is 4. The second kappa shape index (κ2) is 12.5. The molecule has 3 aromatic heterocycles. The minimum Gasteiger partial charge on any atom is -0.364 e. The Morgan fingerprint density at radius 1 is 0.902 bits per heavy atom. The highest BCUT2D eigenvalue weighted by atomic mass is 16.2. The van der Waals surface area contributed by atoms with E-state index in [-0.39, 0.29) is 70.6 Å². The van der Waals surface area contributed by atoms with Crippen LogP contribution in [-0.4, -0.2) is 98.7 Å². The molecule has 1 unspecified atom stereocenters. The van der Waals surface area contributed by atoms with Crippen LogP contribution in [0.3, 0.4) is 0 Å². The molecule has 4 amide bonds. The summed E-state index contributed by atoms with van der Waals surface area (Å²) in [5, 5.41) is 22.5. The topological polar surface area (TPSA) is 171 Å². The first-order chi connectivity index (χ1) is 24.6. The second-order valence-corrected chi connectivity index (χ2v) is 14.0. The van der Waals surface area contributed by atoms with E-state index in [0.717, 1.165) is 53.9 Å². The Balaban J connectivity index is 1.05. The fourth-order valence-corrected chi connectivity index (χ4v) is 6.66. The van der Waals surface area contributed by atoms with Crippen molar-refractivity contribution >= 4 is 46.5 Å². The third-order valence-electron chi connectivity index (χ3n) is 9.97. The van der Waals surface area contributed by atoms with Crippen molar-refractivity contribution in [3.05, 3.63) is 71.4 Å². The van der Waals surface area contributed by atoms with Gasteiger partial charge in [-0.3, -0.25) is 23.9 Å². The lowest BCUT2D eigenvalue weighted by atomic mass is 9.93.